The van der Waals surface area contributed by atoms with Crippen molar-refractivity contribution in [3.05, 3.63) is 79.0 Å². The minimum atomic E-state index is -4.60. The molecule has 0 spiro atoms. The van der Waals surface area contributed by atoms with E-state index in [1.54, 1.807) is 19.4 Å². The molecular formula is C27H26ClF3N4O4S. The van der Waals surface area contributed by atoms with E-state index in [1.807, 2.05) is 25.1 Å². The molecular weight excluding hydrogens is 569 g/mol. The number of pyridine rings is 1. The minimum Gasteiger partial charge on any atom is -0.488 e. The van der Waals surface area contributed by atoms with Gasteiger partial charge < -0.3 is 14.8 Å². The lowest BCUT2D eigenvalue weighted by Gasteiger charge is -2.19. The highest BCUT2D eigenvalue weighted by Crippen LogP contribution is 2.42. The second kappa shape index (κ2) is 11.4. The van der Waals surface area contributed by atoms with Gasteiger partial charge in [0.05, 0.1) is 23.4 Å². The van der Waals surface area contributed by atoms with Crippen molar-refractivity contribution in [3.8, 4) is 16.9 Å². The largest absolute Gasteiger partial charge is 0.488 e. The molecule has 1 aromatic carbocycles. The van der Waals surface area contributed by atoms with Crippen molar-refractivity contribution in [2.75, 3.05) is 20.3 Å². The van der Waals surface area contributed by atoms with Crippen molar-refractivity contribution in [2.24, 2.45) is 0 Å². The van der Waals surface area contributed by atoms with Gasteiger partial charge in [0, 0.05) is 65.6 Å². The van der Waals surface area contributed by atoms with Crippen LogP contribution in [-0.4, -0.2) is 52.7 Å². The first kappa shape index (κ1) is 28.3. The molecule has 1 fully saturated rings. The van der Waals surface area contributed by atoms with Crippen molar-refractivity contribution >= 4 is 33.2 Å². The molecule has 1 aliphatic rings. The molecule has 5 rings (SSSR count). The van der Waals surface area contributed by atoms with Crippen LogP contribution in [0.2, 0.25) is 5.02 Å². The summed E-state index contributed by atoms with van der Waals surface area (Å²) in [5, 5.41) is 3.93. The number of ether oxygens (including phenoxy) is 2. The number of thiophene rings is 1. The van der Waals surface area contributed by atoms with E-state index < -0.39 is 24.0 Å². The first-order valence-corrected chi connectivity index (χ1v) is 13.7. The molecule has 0 saturated carbocycles. The van der Waals surface area contributed by atoms with Gasteiger partial charge in [-0.3, -0.25) is 18.9 Å². The van der Waals surface area contributed by atoms with Crippen LogP contribution >= 0.6 is 22.9 Å². The number of halogens is 4. The number of aryl methyl sites for hydroxylation is 1. The van der Waals surface area contributed by atoms with Crippen LogP contribution in [0.15, 0.2) is 52.3 Å². The van der Waals surface area contributed by atoms with Gasteiger partial charge in [0.1, 0.15) is 18.4 Å². The number of benzene rings is 1. The second-order valence-electron chi connectivity index (χ2n) is 9.69. The molecule has 13 heteroatoms. The fourth-order valence-electron chi connectivity index (χ4n) is 4.90. The lowest BCUT2D eigenvalue weighted by Crippen LogP contribution is -2.41. The zero-order valence-electron chi connectivity index (χ0n) is 21.6. The zero-order valence-corrected chi connectivity index (χ0v) is 23.2. The molecule has 4 heterocycles. The molecule has 40 heavy (non-hydrogen) atoms. The maximum atomic E-state index is 12.9. The Bertz CT molecular complexity index is 1670. The highest BCUT2D eigenvalue weighted by Gasteiger charge is 2.29. The standard InChI is InChI=1S/C27H26ClF3N4O4S/c1-15-7-16(28)8-21(24(15)39-18-9-17(13-38-2)33-11-18)20-3-5-32-22-10-19(40-25(20)22)12-35-23(36)4-6-34(26(35)37)14-27(29,30)31/h3-8,10,17-18,33H,9,11-14H2,1-2H3/t17-,18+/m1/s1. The van der Waals surface area contributed by atoms with Crippen LogP contribution in [0.4, 0.5) is 13.2 Å². The Labute approximate surface area is 235 Å². The monoisotopic (exact) mass is 594 g/mol. The third kappa shape index (κ3) is 6.09. The number of alkyl halides is 3. The van der Waals surface area contributed by atoms with Gasteiger partial charge in [-0.25, -0.2) is 4.79 Å². The van der Waals surface area contributed by atoms with Crippen LogP contribution in [0.5, 0.6) is 5.75 Å². The van der Waals surface area contributed by atoms with Gasteiger partial charge in [-0.05, 0) is 36.8 Å². The van der Waals surface area contributed by atoms with E-state index in [0.717, 1.165) is 44.6 Å². The van der Waals surface area contributed by atoms with Crippen LogP contribution < -0.4 is 21.3 Å². The minimum absolute atomic E-state index is 0.0705. The number of methoxy groups -OCH3 is 1. The molecule has 4 aromatic rings. The number of hydrogen-bond acceptors (Lipinski definition) is 7. The Kier molecular flexibility index (Phi) is 8.05. The first-order chi connectivity index (χ1) is 19.0. The summed E-state index contributed by atoms with van der Waals surface area (Å²) in [5.74, 6) is 0.686. The van der Waals surface area contributed by atoms with Gasteiger partial charge in [0.2, 0.25) is 0 Å². The van der Waals surface area contributed by atoms with Crippen LogP contribution in [-0.2, 0) is 17.8 Å². The summed E-state index contributed by atoms with van der Waals surface area (Å²) in [6, 6.07) is 8.38. The molecule has 0 unspecified atom stereocenters. The van der Waals surface area contributed by atoms with Crippen LogP contribution in [0.25, 0.3) is 21.3 Å². The summed E-state index contributed by atoms with van der Waals surface area (Å²) >= 11 is 7.76. The summed E-state index contributed by atoms with van der Waals surface area (Å²) in [6.45, 7) is 1.50. The number of aromatic nitrogens is 3. The van der Waals surface area contributed by atoms with Gasteiger partial charge in [0.25, 0.3) is 5.56 Å². The lowest BCUT2D eigenvalue weighted by atomic mass is 10.0. The SMILES string of the molecule is COC[C@H]1C[C@H](Oc2c(C)cc(Cl)cc2-c2ccnc3cc(Cn4c(=O)ccn(CC(F)(F)F)c4=O)sc23)CN1. The van der Waals surface area contributed by atoms with Gasteiger partial charge in [-0.2, -0.15) is 13.2 Å². The molecule has 1 N–H and O–H groups in total. The lowest BCUT2D eigenvalue weighted by molar-refractivity contribution is -0.141. The van der Waals surface area contributed by atoms with E-state index in [4.69, 9.17) is 21.1 Å². The molecule has 3 aromatic heterocycles. The second-order valence-corrected chi connectivity index (χ2v) is 11.3. The number of nitrogens with one attached hydrogen (secondary N) is 1. The average molecular weight is 595 g/mol. The van der Waals surface area contributed by atoms with Crippen molar-refractivity contribution < 1.29 is 22.6 Å². The molecule has 1 aliphatic heterocycles. The van der Waals surface area contributed by atoms with E-state index >= 15 is 0 Å². The predicted molar refractivity (Wildman–Crippen MR) is 148 cm³/mol. The smallest absolute Gasteiger partial charge is 0.406 e. The van der Waals surface area contributed by atoms with Crippen molar-refractivity contribution in [3.63, 3.8) is 0 Å². The predicted octanol–water partition coefficient (Wildman–Crippen LogP) is 4.61. The van der Waals surface area contributed by atoms with Crippen molar-refractivity contribution in [1.29, 1.82) is 0 Å². The third-order valence-electron chi connectivity index (χ3n) is 6.63. The third-order valence-corrected chi connectivity index (χ3v) is 7.99. The Balaban J connectivity index is 1.52. The van der Waals surface area contributed by atoms with E-state index in [1.165, 1.54) is 11.3 Å². The van der Waals surface area contributed by atoms with Crippen LogP contribution in [0, 0.1) is 6.92 Å². The maximum absolute atomic E-state index is 12.9. The molecule has 0 amide bonds. The van der Waals surface area contributed by atoms with Gasteiger partial charge >= 0.3 is 11.9 Å². The Hall–Kier alpha value is -3.19. The average Bonchev–Trinajstić information content (AvgIpc) is 3.51. The summed E-state index contributed by atoms with van der Waals surface area (Å²) in [5.41, 5.74) is 1.33. The Morgan fingerprint density at radius 3 is 2.75 bits per heavy atom. The molecule has 0 aliphatic carbocycles. The highest BCUT2D eigenvalue weighted by molar-refractivity contribution is 7.19. The summed E-state index contributed by atoms with van der Waals surface area (Å²) < 4.78 is 52.5. The summed E-state index contributed by atoms with van der Waals surface area (Å²) in [6.07, 6.45) is -1.39. The van der Waals surface area contributed by atoms with E-state index in [2.05, 4.69) is 10.3 Å². The molecule has 0 radical (unpaired) electrons. The van der Waals surface area contributed by atoms with Crippen molar-refractivity contribution in [2.45, 2.75) is 44.8 Å². The summed E-state index contributed by atoms with van der Waals surface area (Å²) in [4.78, 5) is 30.1. The molecule has 1 saturated heterocycles. The topological polar surface area (TPSA) is 87.4 Å². The van der Waals surface area contributed by atoms with E-state index in [0.29, 0.717) is 38.9 Å². The first-order valence-electron chi connectivity index (χ1n) is 12.5. The van der Waals surface area contributed by atoms with Crippen LogP contribution in [0.1, 0.15) is 16.9 Å². The van der Waals surface area contributed by atoms with Gasteiger partial charge in [-0.15, -0.1) is 11.3 Å². The number of rotatable bonds is 8. The molecule has 212 valence electrons. The Morgan fingerprint density at radius 1 is 1.20 bits per heavy atom. The molecule has 2 atom stereocenters. The normalized spacial score (nSPS) is 17.6. The molecule has 0 bridgehead atoms. The maximum Gasteiger partial charge on any atom is 0.406 e. The van der Waals surface area contributed by atoms with Crippen LogP contribution in [0.3, 0.4) is 0 Å². The number of hydrogen-bond donors (Lipinski definition) is 1. The van der Waals surface area contributed by atoms with E-state index in [-0.39, 0.29) is 18.7 Å². The van der Waals surface area contributed by atoms with Gasteiger partial charge in [-0.1, -0.05) is 11.6 Å². The Morgan fingerprint density at radius 2 is 2.00 bits per heavy atom. The number of fused-ring (bicyclic) bond motifs is 1. The summed E-state index contributed by atoms with van der Waals surface area (Å²) in [7, 11) is 1.66. The quantitative estimate of drug-likeness (QED) is 0.321. The van der Waals surface area contributed by atoms with E-state index in [9.17, 15) is 22.8 Å². The fourth-order valence-corrected chi connectivity index (χ4v) is 6.31. The fraction of sp³-hybridized carbons (Fsp3) is 0.370. The van der Waals surface area contributed by atoms with Crippen molar-refractivity contribution in [1.82, 2.24) is 19.4 Å². The zero-order chi connectivity index (χ0) is 28.6. The molecule has 8 nitrogen and oxygen atoms in total. The van der Waals surface area contributed by atoms with Gasteiger partial charge in [0.15, 0.2) is 0 Å². The highest BCUT2D eigenvalue weighted by atomic mass is 35.5. The number of nitrogens with zero attached hydrogens (tertiary/aromatic N) is 3.